The number of hydrogen-bond acceptors (Lipinski definition) is 2. The van der Waals surface area contributed by atoms with Crippen LogP contribution in [0.3, 0.4) is 0 Å². The summed E-state index contributed by atoms with van der Waals surface area (Å²) < 4.78 is 1.15. The molecule has 0 amide bonds. The third-order valence-corrected chi connectivity index (χ3v) is 4.49. The van der Waals surface area contributed by atoms with Crippen LogP contribution >= 0.6 is 27.3 Å². The summed E-state index contributed by atoms with van der Waals surface area (Å²) in [6.45, 7) is 5.32. The Kier molecular flexibility index (Phi) is 4.98. The molecule has 1 aromatic heterocycles. The molecule has 1 aromatic carbocycles. The summed E-state index contributed by atoms with van der Waals surface area (Å²) in [5.74, 6) is 0. The van der Waals surface area contributed by atoms with Crippen LogP contribution in [-0.2, 0) is 6.42 Å². The van der Waals surface area contributed by atoms with Gasteiger partial charge >= 0.3 is 0 Å². The van der Waals surface area contributed by atoms with Crippen LogP contribution in [0.5, 0.6) is 0 Å². The zero-order valence-corrected chi connectivity index (χ0v) is 13.1. The van der Waals surface area contributed by atoms with Crippen LogP contribution in [-0.4, -0.2) is 6.54 Å². The molecule has 1 nitrogen and oxygen atoms in total. The maximum atomic E-state index is 3.58. The summed E-state index contributed by atoms with van der Waals surface area (Å²) in [5.41, 5.74) is 1.36. The summed E-state index contributed by atoms with van der Waals surface area (Å²) in [6.07, 6.45) is 1.03. The largest absolute Gasteiger partial charge is 0.309 e. The van der Waals surface area contributed by atoms with Gasteiger partial charge in [0.2, 0.25) is 0 Å². The second-order valence-electron chi connectivity index (χ2n) is 4.39. The molecule has 1 atom stereocenters. The van der Waals surface area contributed by atoms with E-state index in [0.717, 1.165) is 17.4 Å². The number of benzene rings is 1. The molecule has 0 aliphatic carbocycles. The van der Waals surface area contributed by atoms with Crippen molar-refractivity contribution in [3.05, 3.63) is 56.2 Å². The van der Waals surface area contributed by atoms with Crippen LogP contribution in [0.2, 0.25) is 0 Å². The molecule has 0 spiro atoms. The van der Waals surface area contributed by atoms with Crippen LogP contribution in [0.4, 0.5) is 0 Å². The summed E-state index contributed by atoms with van der Waals surface area (Å²) in [7, 11) is 0. The summed E-state index contributed by atoms with van der Waals surface area (Å²) >= 11 is 5.42. The topological polar surface area (TPSA) is 12.0 Å². The van der Waals surface area contributed by atoms with Crippen molar-refractivity contribution < 1.29 is 0 Å². The number of likely N-dealkylation sites (N-methyl/N-ethyl adjacent to an activating group) is 1. The van der Waals surface area contributed by atoms with Crippen LogP contribution < -0.4 is 5.32 Å². The Balaban J connectivity index is 2.16. The van der Waals surface area contributed by atoms with Gasteiger partial charge < -0.3 is 5.32 Å². The Hall–Kier alpha value is -0.640. The van der Waals surface area contributed by atoms with Gasteiger partial charge in [-0.25, -0.2) is 0 Å². The SMILES string of the molecule is CCNC(Cc1cccc(Br)c1)c1ccc(C)s1. The summed E-state index contributed by atoms with van der Waals surface area (Å²) in [5, 5.41) is 3.58. The third-order valence-electron chi connectivity index (χ3n) is 2.88. The molecule has 0 radical (unpaired) electrons. The van der Waals surface area contributed by atoms with Crippen molar-refractivity contribution >= 4 is 27.3 Å². The van der Waals surface area contributed by atoms with E-state index in [2.05, 4.69) is 71.5 Å². The molecule has 0 bridgehead atoms. The molecule has 2 rings (SSSR count). The molecule has 3 heteroatoms. The van der Waals surface area contributed by atoms with Crippen LogP contribution in [0.25, 0.3) is 0 Å². The predicted molar refractivity (Wildman–Crippen MR) is 83.3 cm³/mol. The van der Waals surface area contributed by atoms with Gasteiger partial charge in [0.15, 0.2) is 0 Å². The van der Waals surface area contributed by atoms with Crippen molar-refractivity contribution in [3.8, 4) is 0 Å². The average molecular weight is 324 g/mol. The van der Waals surface area contributed by atoms with E-state index < -0.39 is 0 Å². The van der Waals surface area contributed by atoms with E-state index >= 15 is 0 Å². The molecule has 1 heterocycles. The normalized spacial score (nSPS) is 12.6. The lowest BCUT2D eigenvalue weighted by Gasteiger charge is -2.16. The molecule has 96 valence electrons. The van der Waals surface area contributed by atoms with Gasteiger partial charge in [0.05, 0.1) is 0 Å². The van der Waals surface area contributed by atoms with Gasteiger partial charge in [0.1, 0.15) is 0 Å². The van der Waals surface area contributed by atoms with Gasteiger partial charge in [-0.15, -0.1) is 11.3 Å². The standard InChI is InChI=1S/C15H18BrNS/c1-3-17-14(15-8-7-11(2)18-15)10-12-5-4-6-13(16)9-12/h4-9,14,17H,3,10H2,1-2H3. The second kappa shape index (κ2) is 6.50. The number of halogens is 1. The average Bonchev–Trinajstić information content (AvgIpc) is 2.75. The maximum Gasteiger partial charge on any atom is 0.0455 e. The Morgan fingerprint density at radius 3 is 2.72 bits per heavy atom. The fourth-order valence-electron chi connectivity index (χ4n) is 2.06. The minimum atomic E-state index is 0.419. The Morgan fingerprint density at radius 1 is 1.28 bits per heavy atom. The minimum Gasteiger partial charge on any atom is -0.309 e. The highest BCUT2D eigenvalue weighted by molar-refractivity contribution is 9.10. The van der Waals surface area contributed by atoms with Crippen molar-refractivity contribution in [2.75, 3.05) is 6.54 Å². The maximum absolute atomic E-state index is 3.58. The fraction of sp³-hybridized carbons (Fsp3) is 0.333. The van der Waals surface area contributed by atoms with Crippen molar-refractivity contribution in [2.24, 2.45) is 0 Å². The zero-order valence-electron chi connectivity index (χ0n) is 10.7. The number of aryl methyl sites for hydroxylation is 1. The van der Waals surface area contributed by atoms with E-state index in [4.69, 9.17) is 0 Å². The second-order valence-corrected chi connectivity index (χ2v) is 6.63. The van der Waals surface area contributed by atoms with Gasteiger partial charge in [-0.3, -0.25) is 0 Å². The summed E-state index contributed by atoms with van der Waals surface area (Å²) in [6, 6.07) is 13.4. The number of thiophene rings is 1. The van der Waals surface area contributed by atoms with Crippen LogP contribution in [0, 0.1) is 6.92 Å². The lowest BCUT2D eigenvalue weighted by Crippen LogP contribution is -2.22. The Labute approximate surface area is 121 Å². The van der Waals surface area contributed by atoms with Crippen LogP contribution in [0.15, 0.2) is 40.9 Å². The summed E-state index contributed by atoms with van der Waals surface area (Å²) in [4.78, 5) is 2.80. The van der Waals surface area contributed by atoms with E-state index in [0.29, 0.717) is 6.04 Å². The number of nitrogens with one attached hydrogen (secondary N) is 1. The molecule has 18 heavy (non-hydrogen) atoms. The van der Waals surface area contributed by atoms with Gasteiger partial charge in [-0.1, -0.05) is 35.0 Å². The monoisotopic (exact) mass is 323 g/mol. The zero-order chi connectivity index (χ0) is 13.0. The van der Waals surface area contributed by atoms with Crippen molar-refractivity contribution in [1.82, 2.24) is 5.32 Å². The molecule has 0 fully saturated rings. The van der Waals surface area contributed by atoms with Crippen molar-refractivity contribution in [3.63, 3.8) is 0 Å². The Bertz CT molecular complexity index is 507. The van der Waals surface area contributed by atoms with Gasteiger partial charge in [0.25, 0.3) is 0 Å². The van der Waals surface area contributed by atoms with Crippen molar-refractivity contribution in [1.29, 1.82) is 0 Å². The molecule has 1 unspecified atom stereocenters. The van der Waals surface area contributed by atoms with Gasteiger partial charge in [-0.05, 0) is 49.7 Å². The van der Waals surface area contributed by atoms with E-state index in [1.165, 1.54) is 15.3 Å². The van der Waals surface area contributed by atoms with E-state index in [9.17, 15) is 0 Å². The highest BCUT2D eigenvalue weighted by Crippen LogP contribution is 2.26. The molecular weight excluding hydrogens is 306 g/mol. The smallest absolute Gasteiger partial charge is 0.0455 e. The lowest BCUT2D eigenvalue weighted by molar-refractivity contribution is 0.558. The highest BCUT2D eigenvalue weighted by atomic mass is 79.9. The first-order valence-corrected chi connectivity index (χ1v) is 7.84. The first-order chi connectivity index (χ1) is 8.69. The first kappa shape index (κ1) is 13.8. The molecule has 0 aliphatic heterocycles. The van der Waals surface area contributed by atoms with E-state index in [1.54, 1.807) is 0 Å². The molecular formula is C15H18BrNS. The number of hydrogen-bond donors (Lipinski definition) is 1. The minimum absolute atomic E-state index is 0.419. The molecule has 0 saturated carbocycles. The predicted octanol–water partition coefficient (Wildman–Crippen LogP) is 4.71. The van der Waals surface area contributed by atoms with Crippen molar-refractivity contribution in [2.45, 2.75) is 26.3 Å². The Morgan fingerprint density at radius 2 is 2.11 bits per heavy atom. The molecule has 2 aromatic rings. The quantitative estimate of drug-likeness (QED) is 0.840. The molecule has 0 aliphatic rings. The molecule has 0 saturated heterocycles. The van der Waals surface area contributed by atoms with E-state index in [1.807, 2.05) is 11.3 Å². The highest BCUT2D eigenvalue weighted by Gasteiger charge is 2.13. The van der Waals surface area contributed by atoms with Gasteiger partial charge in [0, 0.05) is 20.3 Å². The van der Waals surface area contributed by atoms with E-state index in [-0.39, 0.29) is 0 Å². The molecule has 1 N–H and O–H groups in total. The van der Waals surface area contributed by atoms with Crippen LogP contribution in [0.1, 0.15) is 28.3 Å². The number of rotatable bonds is 5. The first-order valence-electron chi connectivity index (χ1n) is 6.23. The fourth-order valence-corrected chi connectivity index (χ4v) is 3.46. The lowest BCUT2D eigenvalue weighted by atomic mass is 10.0. The third kappa shape index (κ3) is 3.67. The van der Waals surface area contributed by atoms with Gasteiger partial charge in [-0.2, -0.15) is 0 Å².